The SMILES string of the molecule is CCN(C(=O)c1cc(-c2ccco2)nc2ccccc12)c1ccccc1. The fourth-order valence-corrected chi connectivity index (χ4v) is 3.10. The standard InChI is InChI=1S/C22H18N2O2/c1-2-24(16-9-4-3-5-10-16)22(25)18-15-20(21-13-8-14-26-21)23-19-12-7-6-11-17(18)19/h3-15H,2H2,1H3. The highest BCUT2D eigenvalue weighted by Gasteiger charge is 2.20. The average molecular weight is 342 g/mol. The predicted octanol–water partition coefficient (Wildman–Crippen LogP) is 5.16. The second-order valence-corrected chi connectivity index (χ2v) is 5.93. The van der Waals surface area contributed by atoms with Crippen LogP contribution in [0.15, 0.2) is 83.5 Å². The van der Waals surface area contributed by atoms with Crippen LogP contribution in [0.25, 0.3) is 22.4 Å². The molecule has 4 heteroatoms. The zero-order valence-corrected chi connectivity index (χ0v) is 14.4. The van der Waals surface area contributed by atoms with Crippen LogP contribution in [0.1, 0.15) is 17.3 Å². The Morgan fingerprint density at radius 1 is 1.00 bits per heavy atom. The monoisotopic (exact) mass is 342 g/mol. The number of anilines is 1. The Morgan fingerprint density at radius 2 is 1.77 bits per heavy atom. The maximum atomic E-state index is 13.4. The first-order chi connectivity index (χ1) is 12.8. The fraction of sp³-hybridized carbons (Fsp3) is 0.0909. The second-order valence-electron chi connectivity index (χ2n) is 5.93. The van der Waals surface area contributed by atoms with Gasteiger partial charge in [0, 0.05) is 17.6 Å². The van der Waals surface area contributed by atoms with Gasteiger partial charge in [-0.2, -0.15) is 0 Å². The number of amides is 1. The third kappa shape index (κ3) is 2.86. The van der Waals surface area contributed by atoms with Crippen molar-refractivity contribution in [1.29, 1.82) is 0 Å². The largest absolute Gasteiger partial charge is 0.463 e. The van der Waals surface area contributed by atoms with E-state index in [1.165, 1.54) is 0 Å². The van der Waals surface area contributed by atoms with Crippen molar-refractivity contribution >= 4 is 22.5 Å². The van der Waals surface area contributed by atoms with Gasteiger partial charge in [0.15, 0.2) is 5.76 Å². The fourth-order valence-electron chi connectivity index (χ4n) is 3.10. The number of para-hydroxylation sites is 2. The van der Waals surface area contributed by atoms with E-state index in [4.69, 9.17) is 4.42 Å². The molecule has 0 aliphatic carbocycles. The molecule has 2 aromatic heterocycles. The van der Waals surface area contributed by atoms with Crippen LogP contribution in [0.2, 0.25) is 0 Å². The highest BCUT2D eigenvalue weighted by atomic mass is 16.3. The summed E-state index contributed by atoms with van der Waals surface area (Å²) in [4.78, 5) is 19.8. The lowest BCUT2D eigenvalue weighted by Gasteiger charge is -2.22. The third-order valence-electron chi connectivity index (χ3n) is 4.35. The van der Waals surface area contributed by atoms with Gasteiger partial charge in [0.2, 0.25) is 0 Å². The molecule has 0 aliphatic rings. The zero-order valence-electron chi connectivity index (χ0n) is 14.4. The zero-order chi connectivity index (χ0) is 17.9. The van der Waals surface area contributed by atoms with Gasteiger partial charge in [-0.3, -0.25) is 4.79 Å². The van der Waals surface area contributed by atoms with E-state index >= 15 is 0 Å². The summed E-state index contributed by atoms with van der Waals surface area (Å²) in [7, 11) is 0. The van der Waals surface area contributed by atoms with Gasteiger partial charge in [0.25, 0.3) is 5.91 Å². The van der Waals surface area contributed by atoms with Gasteiger partial charge >= 0.3 is 0 Å². The maximum absolute atomic E-state index is 13.4. The van der Waals surface area contributed by atoms with Gasteiger partial charge in [0.05, 0.1) is 17.3 Å². The van der Waals surface area contributed by atoms with Gasteiger partial charge in [-0.1, -0.05) is 36.4 Å². The van der Waals surface area contributed by atoms with Gasteiger partial charge in [0.1, 0.15) is 5.69 Å². The molecule has 2 heterocycles. The number of carbonyl (C=O) groups is 1. The predicted molar refractivity (Wildman–Crippen MR) is 103 cm³/mol. The number of pyridine rings is 1. The first kappa shape index (κ1) is 16.1. The molecule has 0 saturated heterocycles. The van der Waals surface area contributed by atoms with Crippen LogP contribution in [-0.4, -0.2) is 17.4 Å². The van der Waals surface area contributed by atoms with E-state index in [2.05, 4.69) is 4.98 Å². The molecular formula is C22H18N2O2. The number of nitrogens with zero attached hydrogens (tertiary/aromatic N) is 2. The Kier molecular flexibility index (Phi) is 4.23. The molecule has 0 spiro atoms. The van der Waals surface area contributed by atoms with Crippen molar-refractivity contribution in [2.24, 2.45) is 0 Å². The van der Waals surface area contributed by atoms with E-state index < -0.39 is 0 Å². The van der Waals surface area contributed by atoms with Crippen LogP contribution in [0, 0.1) is 0 Å². The summed E-state index contributed by atoms with van der Waals surface area (Å²) in [6.45, 7) is 2.55. The van der Waals surface area contributed by atoms with Crippen molar-refractivity contribution in [2.45, 2.75) is 6.92 Å². The summed E-state index contributed by atoms with van der Waals surface area (Å²) in [6.07, 6.45) is 1.61. The normalized spacial score (nSPS) is 10.8. The Morgan fingerprint density at radius 3 is 2.50 bits per heavy atom. The number of fused-ring (bicyclic) bond motifs is 1. The smallest absolute Gasteiger partial charge is 0.259 e. The summed E-state index contributed by atoms with van der Waals surface area (Å²) in [5, 5.41) is 0.835. The molecule has 0 unspecified atom stereocenters. The first-order valence-electron chi connectivity index (χ1n) is 8.58. The van der Waals surface area contributed by atoms with Gasteiger partial charge < -0.3 is 9.32 Å². The molecule has 0 radical (unpaired) electrons. The number of rotatable bonds is 4. The van der Waals surface area contributed by atoms with E-state index in [9.17, 15) is 4.79 Å². The molecule has 1 amide bonds. The van der Waals surface area contributed by atoms with Crippen LogP contribution >= 0.6 is 0 Å². The van der Waals surface area contributed by atoms with Gasteiger partial charge in [-0.25, -0.2) is 4.98 Å². The Bertz CT molecular complexity index is 1040. The number of hydrogen-bond acceptors (Lipinski definition) is 3. The molecular weight excluding hydrogens is 324 g/mol. The summed E-state index contributed by atoms with van der Waals surface area (Å²) >= 11 is 0. The lowest BCUT2D eigenvalue weighted by molar-refractivity contribution is 0.0990. The van der Waals surface area contributed by atoms with E-state index in [0.717, 1.165) is 16.6 Å². The molecule has 4 rings (SSSR count). The Labute approximate surface area is 151 Å². The summed E-state index contributed by atoms with van der Waals surface area (Å²) < 4.78 is 5.49. The van der Waals surface area contributed by atoms with Crippen LogP contribution in [0.4, 0.5) is 5.69 Å². The van der Waals surface area contributed by atoms with Crippen LogP contribution in [0.5, 0.6) is 0 Å². The molecule has 4 aromatic rings. The van der Waals surface area contributed by atoms with Crippen molar-refractivity contribution < 1.29 is 9.21 Å². The highest BCUT2D eigenvalue weighted by molar-refractivity contribution is 6.14. The molecule has 26 heavy (non-hydrogen) atoms. The molecule has 0 N–H and O–H groups in total. The minimum Gasteiger partial charge on any atom is -0.463 e. The molecule has 0 aliphatic heterocycles. The van der Waals surface area contributed by atoms with Crippen molar-refractivity contribution in [3.63, 3.8) is 0 Å². The van der Waals surface area contributed by atoms with Crippen molar-refractivity contribution in [3.8, 4) is 11.5 Å². The van der Waals surface area contributed by atoms with Gasteiger partial charge in [-0.05, 0) is 43.3 Å². The number of carbonyl (C=O) groups excluding carboxylic acids is 1. The summed E-state index contributed by atoms with van der Waals surface area (Å²) in [6, 6.07) is 22.9. The Balaban J connectivity index is 1.88. The minimum atomic E-state index is -0.0508. The summed E-state index contributed by atoms with van der Waals surface area (Å²) in [5.74, 6) is 0.595. The van der Waals surface area contributed by atoms with Crippen LogP contribution in [0.3, 0.4) is 0 Å². The molecule has 0 atom stereocenters. The van der Waals surface area contributed by atoms with E-state index in [1.807, 2.05) is 79.7 Å². The van der Waals surface area contributed by atoms with E-state index in [1.54, 1.807) is 11.2 Å². The quantitative estimate of drug-likeness (QED) is 0.514. The third-order valence-corrected chi connectivity index (χ3v) is 4.35. The lowest BCUT2D eigenvalue weighted by Crippen LogP contribution is -2.30. The van der Waals surface area contributed by atoms with Crippen LogP contribution in [-0.2, 0) is 0 Å². The number of aromatic nitrogens is 1. The minimum absolute atomic E-state index is 0.0508. The molecule has 0 fully saturated rings. The molecule has 0 saturated carbocycles. The van der Waals surface area contributed by atoms with Crippen molar-refractivity contribution in [3.05, 3.63) is 84.6 Å². The number of benzene rings is 2. The maximum Gasteiger partial charge on any atom is 0.259 e. The average Bonchev–Trinajstić information content (AvgIpc) is 3.23. The van der Waals surface area contributed by atoms with Gasteiger partial charge in [-0.15, -0.1) is 0 Å². The topological polar surface area (TPSA) is 46.3 Å². The van der Waals surface area contributed by atoms with E-state index in [-0.39, 0.29) is 5.91 Å². The van der Waals surface area contributed by atoms with E-state index in [0.29, 0.717) is 23.6 Å². The van der Waals surface area contributed by atoms with Crippen molar-refractivity contribution in [2.75, 3.05) is 11.4 Å². The molecule has 128 valence electrons. The lowest BCUT2D eigenvalue weighted by atomic mass is 10.0. The summed E-state index contributed by atoms with van der Waals surface area (Å²) in [5.41, 5.74) is 2.92. The molecule has 0 bridgehead atoms. The number of furan rings is 1. The number of hydrogen-bond donors (Lipinski definition) is 0. The molecule has 4 nitrogen and oxygen atoms in total. The second kappa shape index (κ2) is 6.84. The van der Waals surface area contributed by atoms with Crippen molar-refractivity contribution in [1.82, 2.24) is 4.98 Å². The molecule has 2 aromatic carbocycles. The highest BCUT2D eigenvalue weighted by Crippen LogP contribution is 2.27. The Hall–Kier alpha value is -3.40. The first-order valence-corrected chi connectivity index (χ1v) is 8.58. The van der Waals surface area contributed by atoms with Crippen LogP contribution < -0.4 is 4.90 Å².